The third-order valence-corrected chi connectivity index (χ3v) is 10.6. The molecule has 12 aliphatic rings. The maximum absolute atomic E-state index is 3.97. The largest absolute Gasteiger partial charge is 0.349 e. The first kappa shape index (κ1) is 68.2. The number of aryl methyl sites for hydroxylation is 1. The first-order valence-corrected chi connectivity index (χ1v) is 26.9. The Balaban J connectivity index is 0.000000422. The van der Waals surface area contributed by atoms with Crippen LogP contribution >= 0.6 is 0 Å². The molecule has 416 valence electrons. The minimum Gasteiger partial charge on any atom is -0.349 e. The van der Waals surface area contributed by atoms with E-state index in [1.165, 1.54) is 57.7 Å². The van der Waals surface area contributed by atoms with Crippen molar-refractivity contribution in [2.45, 2.75) is 161 Å². The number of imidazole rings is 1. The van der Waals surface area contributed by atoms with Crippen LogP contribution in [0.2, 0.25) is 0 Å². The fourth-order valence-electron chi connectivity index (χ4n) is 5.89. The van der Waals surface area contributed by atoms with Crippen LogP contribution in [0.15, 0.2) is 223 Å². The summed E-state index contributed by atoms with van der Waals surface area (Å²) in [5.74, 6) is 0. The summed E-state index contributed by atoms with van der Waals surface area (Å²) in [6.07, 6.45) is 65.6. The molecule has 0 unspecified atom stereocenters. The summed E-state index contributed by atoms with van der Waals surface area (Å²) in [4.78, 5) is 34.0. The quantitative estimate of drug-likeness (QED) is 0.269. The summed E-state index contributed by atoms with van der Waals surface area (Å²) in [6.45, 7) is 27.4. The third kappa shape index (κ3) is 44.5. The van der Waals surface area contributed by atoms with Gasteiger partial charge in [0.25, 0.3) is 0 Å². The standard InChI is InChI=1S/4C6H8.5C5H7N.4C4H6N2/c4*1-6-4-2-3-5-6;2*1-5-2-3-6-4-5;3*1-5-3-2-4-6-5;2*1-4-2-5-3-6-4;2*1-4-2-3-5-6-4/h2*2,4-5H,3H2,1H3;2*2-4H,5H2,1H3;3*3-4H,2H2,1H3;2*2,4H,3H2,1H3;3H,2H2,1H3;2-3H,1H3,(H,5,6);2*3H,2H2,1H3. The molecule has 13 nitrogen and oxygen atoms in total. The van der Waals surface area contributed by atoms with Crippen LogP contribution in [0.25, 0.3) is 0 Å². The number of rotatable bonds is 0. The maximum Gasteiger partial charge on any atom is 0.110 e. The van der Waals surface area contributed by atoms with E-state index in [0.717, 1.165) is 92.9 Å². The Morgan fingerprint density at radius 3 is 1.05 bits per heavy atom. The van der Waals surface area contributed by atoms with Gasteiger partial charge in [-0.05, 0) is 127 Å². The van der Waals surface area contributed by atoms with Crippen LogP contribution in [0.1, 0.15) is 159 Å². The van der Waals surface area contributed by atoms with Crippen molar-refractivity contribution in [3.8, 4) is 0 Å². The van der Waals surface area contributed by atoms with Crippen molar-refractivity contribution in [2.75, 3.05) is 6.54 Å². The van der Waals surface area contributed by atoms with E-state index in [0.29, 0.717) is 0 Å². The summed E-state index contributed by atoms with van der Waals surface area (Å²) < 4.78 is 0. The van der Waals surface area contributed by atoms with Gasteiger partial charge >= 0.3 is 0 Å². The van der Waals surface area contributed by atoms with Crippen LogP contribution < -0.4 is 0 Å². The Bertz CT molecular complexity index is 2200. The van der Waals surface area contributed by atoms with Crippen LogP contribution in [0.5, 0.6) is 0 Å². The fourth-order valence-corrected chi connectivity index (χ4v) is 5.89. The number of aromatic nitrogens is 2. The molecule has 1 aromatic heterocycles. The second-order valence-corrected chi connectivity index (χ2v) is 19.0. The molecule has 78 heavy (non-hydrogen) atoms. The number of hydrogen-bond donors (Lipinski definition) is 1. The predicted molar refractivity (Wildman–Crippen MR) is 347 cm³/mol. The summed E-state index contributed by atoms with van der Waals surface area (Å²) in [7, 11) is 0. The average molecular weight is 1050 g/mol. The molecule has 8 aliphatic heterocycles. The number of H-pyrrole nitrogens is 1. The van der Waals surface area contributed by atoms with Gasteiger partial charge in [-0.25, -0.2) is 9.98 Å². The molecule has 0 bridgehead atoms. The number of allylic oxidation sites excluding steroid dienone is 22. The predicted octanol–water partition coefficient (Wildman–Crippen LogP) is 17.3. The van der Waals surface area contributed by atoms with Crippen molar-refractivity contribution in [2.24, 2.45) is 55.4 Å². The molecule has 13 heteroatoms. The SMILES string of the molecule is CC1=CC=CC1.CC1=CC=CC1.CC1=CCC=C1.CC1=CCC=C1.CC1=CCC=N1.CC1=CN=CC1.CC1=CN=CC1.CC1=NC=CC1.CC1=NC=CC1.CC1=NC=NC1.CC1=NN=CC1.CC1=NN=CC1.Cc1cnc[nH]1. The van der Waals surface area contributed by atoms with Gasteiger partial charge in [0.1, 0.15) is 6.34 Å². The normalized spacial score (nSPS) is 17.8. The van der Waals surface area contributed by atoms with Crippen molar-refractivity contribution in [3.63, 3.8) is 0 Å². The first-order valence-electron chi connectivity index (χ1n) is 26.9. The van der Waals surface area contributed by atoms with Crippen LogP contribution in [-0.4, -0.2) is 82.5 Å². The Kier molecular flexibility index (Phi) is 40.7. The number of hydrogen-bond acceptors (Lipinski definition) is 12. The zero-order valence-corrected chi connectivity index (χ0v) is 49.4. The number of nitrogens with zero attached hydrogens (tertiary/aromatic N) is 12. The molecule has 0 saturated carbocycles. The van der Waals surface area contributed by atoms with E-state index in [-0.39, 0.29) is 0 Å². The van der Waals surface area contributed by atoms with E-state index in [4.69, 9.17) is 0 Å². The Morgan fingerprint density at radius 1 is 0.436 bits per heavy atom. The summed E-state index contributed by atoms with van der Waals surface area (Å²) >= 11 is 0. The van der Waals surface area contributed by atoms with Gasteiger partial charge in [0, 0.05) is 147 Å². The highest BCUT2D eigenvalue weighted by Gasteiger charge is 1.94. The third-order valence-electron chi connectivity index (χ3n) is 10.6. The molecular formula is C65H91N13. The summed E-state index contributed by atoms with van der Waals surface area (Å²) in [6, 6.07) is 0. The molecule has 0 fully saturated rings. The number of aromatic amines is 1. The molecule has 0 saturated heterocycles. The van der Waals surface area contributed by atoms with Gasteiger partial charge in [0.05, 0.1) is 12.9 Å². The van der Waals surface area contributed by atoms with Crippen LogP contribution in [-0.2, 0) is 0 Å². The van der Waals surface area contributed by atoms with E-state index in [1.54, 1.807) is 31.3 Å². The van der Waals surface area contributed by atoms with Crippen LogP contribution in [0.4, 0.5) is 0 Å². The highest BCUT2D eigenvalue weighted by atomic mass is 15.2. The van der Waals surface area contributed by atoms with Gasteiger partial charge in [0.2, 0.25) is 0 Å². The van der Waals surface area contributed by atoms with Crippen molar-refractivity contribution in [3.05, 3.63) is 173 Å². The number of aliphatic imine (C=N–C) groups is 7. The molecule has 4 aliphatic carbocycles. The highest BCUT2D eigenvalue weighted by molar-refractivity contribution is 5.97. The van der Waals surface area contributed by atoms with E-state index < -0.39 is 0 Å². The fraction of sp³-hybridized carbons (Fsp3) is 0.385. The summed E-state index contributed by atoms with van der Waals surface area (Å²) in [5.41, 5.74) is 16.5. The van der Waals surface area contributed by atoms with Gasteiger partial charge in [-0.3, -0.25) is 30.0 Å². The van der Waals surface area contributed by atoms with Gasteiger partial charge < -0.3 is 4.98 Å². The Labute approximate surface area is 469 Å². The summed E-state index contributed by atoms with van der Waals surface area (Å²) in [5, 5.41) is 14.7. The van der Waals surface area contributed by atoms with E-state index in [9.17, 15) is 0 Å². The average Bonchev–Trinajstić information content (AvgIpc) is 4.23. The van der Waals surface area contributed by atoms with Crippen molar-refractivity contribution in [1.82, 2.24) is 9.97 Å². The molecule has 1 aromatic rings. The van der Waals surface area contributed by atoms with Gasteiger partial charge in [-0.1, -0.05) is 113 Å². The lowest BCUT2D eigenvalue weighted by molar-refractivity contribution is 1.25. The van der Waals surface area contributed by atoms with Crippen molar-refractivity contribution in [1.29, 1.82) is 0 Å². The molecule has 0 spiro atoms. The minimum atomic E-state index is 0.806. The van der Waals surface area contributed by atoms with E-state index in [1.807, 2.05) is 91.9 Å². The topological polar surface area (TPSA) is 165 Å². The Morgan fingerprint density at radius 2 is 0.949 bits per heavy atom. The smallest absolute Gasteiger partial charge is 0.110 e. The molecular weight excluding hydrogens is 963 g/mol. The molecule has 9 heterocycles. The van der Waals surface area contributed by atoms with Gasteiger partial charge in [-0.15, -0.1) is 0 Å². The van der Waals surface area contributed by atoms with Crippen molar-refractivity contribution < 1.29 is 0 Å². The molecule has 13 rings (SSSR count). The number of nitrogens with one attached hydrogen (secondary N) is 1. The first-order chi connectivity index (χ1) is 37.6. The zero-order valence-electron chi connectivity index (χ0n) is 49.4. The van der Waals surface area contributed by atoms with E-state index >= 15 is 0 Å². The van der Waals surface area contributed by atoms with Gasteiger partial charge in [0.15, 0.2) is 0 Å². The van der Waals surface area contributed by atoms with Gasteiger partial charge in [-0.2, -0.15) is 20.4 Å². The molecule has 0 aromatic carbocycles. The second-order valence-electron chi connectivity index (χ2n) is 19.0. The second kappa shape index (κ2) is 46.5. The highest BCUT2D eigenvalue weighted by Crippen LogP contribution is 2.09. The maximum atomic E-state index is 3.97. The van der Waals surface area contributed by atoms with Crippen LogP contribution in [0, 0.1) is 6.92 Å². The Hall–Kier alpha value is -7.80. The van der Waals surface area contributed by atoms with E-state index in [2.05, 4.69) is 198 Å². The molecule has 0 amide bonds. The lowest BCUT2D eigenvalue weighted by Gasteiger charge is -1.78. The lowest BCUT2D eigenvalue weighted by atomic mass is 10.3. The molecule has 0 atom stereocenters. The molecule has 0 radical (unpaired) electrons. The monoisotopic (exact) mass is 1050 g/mol. The lowest BCUT2D eigenvalue weighted by Crippen LogP contribution is -1.87. The van der Waals surface area contributed by atoms with Crippen LogP contribution in [0.3, 0.4) is 0 Å². The minimum absolute atomic E-state index is 0.806. The zero-order chi connectivity index (χ0) is 57.3. The van der Waals surface area contributed by atoms with Crippen molar-refractivity contribution >= 4 is 66.0 Å². The molecule has 1 N–H and O–H groups in total.